The monoisotopic (exact) mass is 358 g/mol. The topological polar surface area (TPSA) is 59.6 Å². The molecule has 1 heterocycles. The van der Waals surface area contributed by atoms with Gasteiger partial charge in [-0.2, -0.15) is 0 Å². The van der Waals surface area contributed by atoms with Crippen molar-refractivity contribution in [3.63, 3.8) is 0 Å². The average molecular weight is 359 g/mol. The molecule has 1 aliphatic heterocycles. The molecule has 2 aliphatic rings. The van der Waals surface area contributed by atoms with Crippen LogP contribution in [0.25, 0.3) is 0 Å². The minimum absolute atomic E-state index is 0.140. The lowest BCUT2D eigenvalue weighted by Gasteiger charge is -2.20. The van der Waals surface area contributed by atoms with Crippen molar-refractivity contribution in [2.24, 2.45) is 0 Å². The zero-order chi connectivity index (χ0) is 17.2. The Balaban J connectivity index is 1.33. The van der Waals surface area contributed by atoms with Crippen molar-refractivity contribution >= 4 is 17.6 Å². The lowest BCUT2D eigenvalue weighted by atomic mass is 10.1. The number of benzene rings is 2. The van der Waals surface area contributed by atoms with Crippen LogP contribution in [0.1, 0.15) is 16.7 Å². The molecule has 2 amide bonds. The summed E-state index contributed by atoms with van der Waals surface area (Å²) in [6.45, 7) is 1.38. The Morgan fingerprint density at radius 2 is 1.84 bits per heavy atom. The number of amides is 2. The van der Waals surface area contributed by atoms with Crippen LogP contribution in [0.4, 0.5) is 4.79 Å². The molecule has 0 fully saturated rings. The van der Waals surface area contributed by atoms with Crippen LogP contribution in [-0.4, -0.2) is 25.3 Å². The van der Waals surface area contributed by atoms with Crippen LogP contribution in [0, 0.1) is 0 Å². The molecule has 2 aromatic carbocycles. The molecule has 5 nitrogen and oxygen atoms in total. The van der Waals surface area contributed by atoms with Crippen LogP contribution in [0.3, 0.4) is 0 Å². The standard InChI is InChI=1S/C19H19ClN2O3/c20-16-7-12(8-17-18(16)25-6-5-24-17)11-21-19(23)22-15-9-13-3-1-2-4-14(13)10-15/h1-4,7-8,15H,5-6,9-11H2,(H2,21,22,23). The van der Waals surface area contributed by atoms with Gasteiger partial charge in [-0.1, -0.05) is 35.9 Å². The van der Waals surface area contributed by atoms with Crippen LogP contribution in [-0.2, 0) is 19.4 Å². The number of hydrogen-bond donors (Lipinski definition) is 2. The fraction of sp³-hybridized carbons (Fsp3) is 0.316. The smallest absolute Gasteiger partial charge is 0.315 e. The Morgan fingerprint density at radius 3 is 2.60 bits per heavy atom. The Hall–Kier alpha value is -2.40. The highest BCUT2D eigenvalue weighted by molar-refractivity contribution is 6.32. The number of urea groups is 1. The number of rotatable bonds is 3. The summed E-state index contributed by atoms with van der Waals surface area (Å²) < 4.78 is 11.1. The van der Waals surface area contributed by atoms with Crippen molar-refractivity contribution in [2.75, 3.05) is 13.2 Å². The minimum Gasteiger partial charge on any atom is -0.486 e. The predicted octanol–water partition coefficient (Wildman–Crippen LogP) is 3.08. The number of carbonyl (C=O) groups excluding carboxylic acids is 1. The van der Waals surface area contributed by atoms with E-state index in [1.54, 1.807) is 6.07 Å². The lowest BCUT2D eigenvalue weighted by molar-refractivity contribution is 0.171. The van der Waals surface area contributed by atoms with E-state index in [1.165, 1.54) is 11.1 Å². The van der Waals surface area contributed by atoms with Crippen molar-refractivity contribution in [1.82, 2.24) is 10.6 Å². The van der Waals surface area contributed by atoms with E-state index in [-0.39, 0.29) is 12.1 Å². The molecule has 2 N–H and O–H groups in total. The third kappa shape index (κ3) is 3.51. The summed E-state index contributed by atoms with van der Waals surface area (Å²) in [5.74, 6) is 1.20. The first-order chi connectivity index (χ1) is 12.2. The van der Waals surface area contributed by atoms with Crippen LogP contribution in [0.15, 0.2) is 36.4 Å². The second-order valence-corrected chi connectivity index (χ2v) is 6.71. The Labute approximate surface area is 151 Å². The van der Waals surface area contributed by atoms with Gasteiger partial charge < -0.3 is 20.1 Å². The van der Waals surface area contributed by atoms with Crippen LogP contribution in [0.2, 0.25) is 5.02 Å². The first-order valence-electron chi connectivity index (χ1n) is 8.38. The van der Waals surface area contributed by atoms with Gasteiger partial charge >= 0.3 is 6.03 Å². The van der Waals surface area contributed by atoms with Gasteiger partial charge in [-0.3, -0.25) is 0 Å². The predicted molar refractivity (Wildman–Crippen MR) is 95.5 cm³/mol. The Bertz CT molecular complexity index is 784. The summed E-state index contributed by atoms with van der Waals surface area (Å²) in [6, 6.07) is 11.9. The maximum absolute atomic E-state index is 12.2. The summed E-state index contributed by atoms with van der Waals surface area (Å²) in [7, 11) is 0. The third-order valence-electron chi connectivity index (χ3n) is 4.50. The molecule has 0 atom stereocenters. The quantitative estimate of drug-likeness (QED) is 0.886. The number of carbonyl (C=O) groups is 1. The van der Waals surface area contributed by atoms with Gasteiger partial charge in [0.05, 0.1) is 5.02 Å². The second kappa shape index (κ2) is 6.84. The van der Waals surface area contributed by atoms with E-state index in [2.05, 4.69) is 22.8 Å². The van der Waals surface area contributed by atoms with Crippen molar-refractivity contribution in [3.05, 3.63) is 58.1 Å². The molecule has 25 heavy (non-hydrogen) atoms. The molecule has 0 aromatic heterocycles. The van der Waals surface area contributed by atoms with Crippen LogP contribution >= 0.6 is 11.6 Å². The number of fused-ring (bicyclic) bond motifs is 2. The molecule has 0 spiro atoms. The third-order valence-corrected chi connectivity index (χ3v) is 4.78. The van der Waals surface area contributed by atoms with Gasteiger partial charge in [0.2, 0.25) is 0 Å². The van der Waals surface area contributed by atoms with Gasteiger partial charge in [0.25, 0.3) is 0 Å². The zero-order valence-corrected chi connectivity index (χ0v) is 14.4. The van der Waals surface area contributed by atoms with Crippen molar-refractivity contribution in [2.45, 2.75) is 25.4 Å². The molecule has 0 saturated heterocycles. The first-order valence-corrected chi connectivity index (χ1v) is 8.76. The minimum atomic E-state index is -0.177. The molecule has 0 radical (unpaired) electrons. The van der Waals surface area contributed by atoms with Crippen molar-refractivity contribution in [1.29, 1.82) is 0 Å². The molecular formula is C19H19ClN2O3. The van der Waals surface area contributed by atoms with E-state index in [0.29, 0.717) is 36.3 Å². The highest BCUT2D eigenvalue weighted by atomic mass is 35.5. The van der Waals surface area contributed by atoms with Gasteiger partial charge in [0.15, 0.2) is 11.5 Å². The highest BCUT2D eigenvalue weighted by Crippen LogP contribution is 2.38. The van der Waals surface area contributed by atoms with Gasteiger partial charge in [-0.25, -0.2) is 4.79 Å². The molecule has 1 aliphatic carbocycles. The summed E-state index contributed by atoms with van der Waals surface area (Å²) in [5.41, 5.74) is 3.50. The highest BCUT2D eigenvalue weighted by Gasteiger charge is 2.22. The summed E-state index contributed by atoms with van der Waals surface area (Å²) in [6.07, 6.45) is 1.75. The fourth-order valence-electron chi connectivity index (χ4n) is 3.35. The molecule has 130 valence electrons. The number of halogens is 1. The van der Waals surface area contributed by atoms with Crippen LogP contribution in [0.5, 0.6) is 11.5 Å². The van der Waals surface area contributed by atoms with Gasteiger partial charge in [0.1, 0.15) is 13.2 Å². The van der Waals surface area contributed by atoms with Crippen molar-refractivity contribution < 1.29 is 14.3 Å². The van der Waals surface area contributed by atoms with E-state index in [4.69, 9.17) is 21.1 Å². The summed E-state index contributed by atoms with van der Waals surface area (Å²) in [4.78, 5) is 12.2. The molecule has 2 aromatic rings. The molecule has 0 saturated carbocycles. The number of nitrogens with one attached hydrogen (secondary N) is 2. The first kappa shape index (κ1) is 16.1. The van der Waals surface area contributed by atoms with E-state index >= 15 is 0 Å². The maximum Gasteiger partial charge on any atom is 0.315 e. The SMILES string of the molecule is O=C(NCc1cc(Cl)c2c(c1)OCCO2)NC1Cc2ccccc2C1. The molecule has 4 rings (SSSR count). The van der Waals surface area contributed by atoms with Gasteiger partial charge in [-0.05, 0) is 41.7 Å². The maximum atomic E-state index is 12.2. The molecule has 0 unspecified atom stereocenters. The second-order valence-electron chi connectivity index (χ2n) is 6.30. The summed E-state index contributed by atoms with van der Waals surface area (Å²) >= 11 is 6.22. The van der Waals surface area contributed by atoms with Crippen LogP contribution < -0.4 is 20.1 Å². The van der Waals surface area contributed by atoms with Crippen molar-refractivity contribution in [3.8, 4) is 11.5 Å². The zero-order valence-electron chi connectivity index (χ0n) is 13.7. The normalized spacial score (nSPS) is 15.6. The largest absolute Gasteiger partial charge is 0.486 e. The van der Waals surface area contributed by atoms with E-state index in [0.717, 1.165) is 18.4 Å². The summed E-state index contributed by atoms with van der Waals surface area (Å²) in [5, 5.41) is 6.42. The Kier molecular flexibility index (Phi) is 4.40. The van der Waals surface area contributed by atoms with E-state index < -0.39 is 0 Å². The molecule has 6 heteroatoms. The van der Waals surface area contributed by atoms with E-state index in [9.17, 15) is 4.79 Å². The number of ether oxygens (including phenoxy) is 2. The lowest BCUT2D eigenvalue weighted by Crippen LogP contribution is -2.42. The molecular weight excluding hydrogens is 340 g/mol. The Morgan fingerprint density at radius 1 is 1.12 bits per heavy atom. The number of hydrogen-bond acceptors (Lipinski definition) is 3. The molecule has 0 bridgehead atoms. The fourth-order valence-corrected chi connectivity index (χ4v) is 3.63. The van der Waals surface area contributed by atoms with E-state index in [1.807, 2.05) is 18.2 Å². The average Bonchev–Trinajstić information content (AvgIpc) is 3.02. The van der Waals surface area contributed by atoms with Gasteiger partial charge in [0, 0.05) is 12.6 Å². The van der Waals surface area contributed by atoms with Gasteiger partial charge in [-0.15, -0.1) is 0 Å².